The number of H-pyrrole nitrogens is 1. The summed E-state index contributed by atoms with van der Waals surface area (Å²) in [6, 6.07) is 14.7. The average Bonchev–Trinajstić information content (AvgIpc) is 3.27. The van der Waals surface area contributed by atoms with Gasteiger partial charge in [0.05, 0.1) is 17.6 Å². The molecule has 0 saturated carbocycles. The fourth-order valence-corrected chi connectivity index (χ4v) is 4.42. The van der Waals surface area contributed by atoms with Crippen molar-refractivity contribution in [3.8, 4) is 5.69 Å². The lowest BCUT2D eigenvalue weighted by Gasteiger charge is -2.15. The van der Waals surface area contributed by atoms with E-state index in [0.717, 1.165) is 17.7 Å². The fraction of sp³-hybridized carbons (Fsp3) is 0.136. The number of aromatic amines is 1. The first-order valence-electron chi connectivity index (χ1n) is 9.80. The zero-order chi connectivity index (χ0) is 21.4. The van der Waals surface area contributed by atoms with Crippen molar-refractivity contribution >= 4 is 28.4 Å². The molecule has 0 amide bonds. The molecule has 0 fully saturated rings. The SMILES string of the molecule is CCc1ccccc1-n1c(SCc2cc(=O)n3ccccc3n2)nc2[nH]ncc2c1=O. The van der Waals surface area contributed by atoms with Gasteiger partial charge in [-0.1, -0.05) is 43.0 Å². The lowest BCUT2D eigenvalue weighted by Crippen LogP contribution is -2.22. The molecule has 8 nitrogen and oxygen atoms in total. The monoisotopic (exact) mass is 430 g/mol. The summed E-state index contributed by atoms with van der Waals surface area (Å²) in [6.45, 7) is 2.05. The number of hydrogen-bond donors (Lipinski definition) is 1. The number of benzene rings is 1. The molecule has 0 radical (unpaired) electrons. The van der Waals surface area contributed by atoms with Gasteiger partial charge in [0.2, 0.25) is 0 Å². The van der Waals surface area contributed by atoms with Crippen LogP contribution in [0.4, 0.5) is 0 Å². The van der Waals surface area contributed by atoms with Crippen molar-refractivity contribution < 1.29 is 0 Å². The molecule has 5 aromatic rings. The van der Waals surface area contributed by atoms with E-state index in [1.807, 2.05) is 37.3 Å². The Morgan fingerprint density at radius 1 is 1.06 bits per heavy atom. The lowest BCUT2D eigenvalue weighted by molar-refractivity contribution is 0.804. The number of nitrogens with one attached hydrogen (secondary N) is 1. The Labute approximate surface area is 180 Å². The molecule has 5 rings (SSSR count). The third-order valence-corrected chi connectivity index (χ3v) is 6.01. The molecule has 154 valence electrons. The smallest absolute Gasteiger partial charge is 0.269 e. The Balaban J connectivity index is 1.61. The minimum Gasteiger partial charge on any atom is -0.269 e. The van der Waals surface area contributed by atoms with E-state index in [4.69, 9.17) is 0 Å². The molecule has 0 aliphatic rings. The largest absolute Gasteiger partial charge is 0.269 e. The van der Waals surface area contributed by atoms with E-state index in [1.165, 1.54) is 28.4 Å². The molecular formula is C22H18N6O2S. The van der Waals surface area contributed by atoms with Crippen molar-refractivity contribution in [2.75, 3.05) is 0 Å². The van der Waals surface area contributed by atoms with Crippen molar-refractivity contribution in [3.05, 3.63) is 92.9 Å². The molecule has 0 aliphatic heterocycles. The first kappa shape index (κ1) is 19.3. The third-order valence-electron chi connectivity index (χ3n) is 5.04. The molecule has 0 atom stereocenters. The normalized spacial score (nSPS) is 11.4. The van der Waals surface area contributed by atoms with Crippen molar-refractivity contribution in [3.63, 3.8) is 0 Å². The van der Waals surface area contributed by atoms with Crippen LogP contribution in [0.1, 0.15) is 18.2 Å². The maximum Gasteiger partial charge on any atom is 0.269 e. The van der Waals surface area contributed by atoms with Crippen LogP contribution in [0.2, 0.25) is 0 Å². The summed E-state index contributed by atoms with van der Waals surface area (Å²) in [5.41, 5.74) is 3.13. The van der Waals surface area contributed by atoms with Crippen LogP contribution in [0.5, 0.6) is 0 Å². The summed E-state index contributed by atoms with van der Waals surface area (Å²) >= 11 is 1.36. The summed E-state index contributed by atoms with van der Waals surface area (Å²) in [5.74, 6) is 0.390. The molecule has 0 aliphatic carbocycles. The van der Waals surface area contributed by atoms with Crippen molar-refractivity contribution in [1.29, 1.82) is 0 Å². The van der Waals surface area contributed by atoms with Crippen LogP contribution in [0.3, 0.4) is 0 Å². The Bertz CT molecular complexity index is 1530. The second-order valence-electron chi connectivity index (χ2n) is 6.95. The van der Waals surface area contributed by atoms with Crippen LogP contribution in [-0.4, -0.2) is 29.1 Å². The molecule has 1 N–H and O–H groups in total. The highest BCUT2D eigenvalue weighted by Gasteiger charge is 2.17. The van der Waals surface area contributed by atoms with Crippen LogP contribution in [0.25, 0.3) is 22.4 Å². The van der Waals surface area contributed by atoms with E-state index >= 15 is 0 Å². The number of pyridine rings is 1. The van der Waals surface area contributed by atoms with Gasteiger partial charge in [0, 0.05) is 18.0 Å². The van der Waals surface area contributed by atoms with Crippen molar-refractivity contribution in [2.45, 2.75) is 24.3 Å². The van der Waals surface area contributed by atoms with Gasteiger partial charge < -0.3 is 0 Å². The number of hydrogen-bond acceptors (Lipinski definition) is 6. The van der Waals surface area contributed by atoms with Crippen LogP contribution >= 0.6 is 11.8 Å². The molecule has 0 unspecified atom stereocenters. The van der Waals surface area contributed by atoms with E-state index in [9.17, 15) is 9.59 Å². The van der Waals surface area contributed by atoms with Gasteiger partial charge >= 0.3 is 0 Å². The van der Waals surface area contributed by atoms with E-state index < -0.39 is 0 Å². The summed E-state index contributed by atoms with van der Waals surface area (Å²) in [5, 5.41) is 7.70. The number of thioether (sulfide) groups is 1. The Kier molecular flexibility index (Phi) is 4.87. The van der Waals surface area contributed by atoms with Gasteiger partial charge in [0.15, 0.2) is 10.8 Å². The third kappa shape index (κ3) is 3.42. The Morgan fingerprint density at radius 2 is 1.90 bits per heavy atom. The van der Waals surface area contributed by atoms with Crippen LogP contribution in [-0.2, 0) is 12.2 Å². The quantitative estimate of drug-likeness (QED) is 0.340. The van der Waals surface area contributed by atoms with Crippen molar-refractivity contribution in [1.82, 2.24) is 29.1 Å². The number of nitrogens with zero attached hydrogens (tertiary/aromatic N) is 5. The molecule has 9 heteroatoms. The lowest BCUT2D eigenvalue weighted by atomic mass is 10.1. The van der Waals surface area contributed by atoms with Crippen LogP contribution in [0, 0.1) is 0 Å². The minimum atomic E-state index is -0.186. The van der Waals surface area contributed by atoms with Gasteiger partial charge in [-0.25, -0.2) is 9.97 Å². The second-order valence-corrected chi connectivity index (χ2v) is 7.90. The standard InChI is InChI=1S/C22H18N6O2S/c1-2-14-7-3-4-8-17(14)28-21(30)16-12-23-26-20(16)25-22(28)31-13-15-11-19(29)27-10-6-5-9-18(27)24-15/h3-12H,2,13H2,1H3,(H,23,26). The van der Waals surface area contributed by atoms with E-state index in [1.54, 1.807) is 22.9 Å². The number of aryl methyl sites for hydroxylation is 1. The highest BCUT2D eigenvalue weighted by atomic mass is 32.2. The molecular weight excluding hydrogens is 412 g/mol. The maximum atomic E-state index is 13.3. The molecule has 0 bridgehead atoms. The fourth-order valence-electron chi connectivity index (χ4n) is 3.53. The molecule has 4 heterocycles. The first-order valence-corrected chi connectivity index (χ1v) is 10.8. The summed E-state index contributed by atoms with van der Waals surface area (Å²) in [6.07, 6.45) is 3.96. The van der Waals surface area contributed by atoms with E-state index in [-0.39, 0.29) is 11.1 Å². The first-order chi connectivity index (χ1) is 15.2. The molecule has 31 heavy (non-hydrogen) atoms. The topological polar surface area (TPSA) is 97.9 Å². The highest BCUT2D eigenvalue weighted by molar-refractivity contribution is 7.98. The number of rotatable bonds is 5. The predicted molar refractivity (Wildman–Crippen MR) is 120 cm³/mol. The van der Waals surface area contributed by atoms with Gasteiger partial charge in [0.1, 0.15) is 11.0 Å². The van der Waals surface area contributed by atoms with Crippen LogP contribution < -0.4 is 11.1 Å². The molecule has 1 aromatic carbocycles. The summed E-state index contributed by atoms with van der Waals surface area (Å²) in [7, 11) is 0. The van der Waals surface area contributed by atoms with Gasteiger partial charge in [-0.2, -0.15) is 5.10 Å². The summed E-state index contributed by atoms with van der Waals surface area (Å²) in [4.78, 5) is 34.9. The zero-order valence-electron chi connectivity index (χ0n) is 16.6. The second kappa shape index (κ2) is 7.84. The van der Waals surface area contributed by atoms with Gasteiger partial charge in [-0.3, -0.25) is 23.7 Å². The van der Waals surface area contributed by atoms with Gasteiger partial charge in [-0.05, 0) is 30.2 Å². The van der Waals surface area contributed by atoms with Crippen LogP contribution in [0.15, 0.2) is 75.7 Å². The highest BCUT2D eigenvalue weighted by Crippen LogP contribution is 2.25. The summed E-state index contributed by atoms with van der Waals surface area (Å²) < 4.78 is 3.12. The number of aromatic nitrogens is 6. The minimum absolute atomic E-state index is 0.146. The Hall–Kier alpha value is -3.72. The van der Waals surface area contributed by atoms with Crippen molar-refractivity contribution in [2.24, 2.45) is 0 Å². The average molecular weight is 430 g/mol. The predicted octanol–water partition coefficient (Wildman–Crippen LogP) is 2.97. The number of fused-ring (bicyclic) bond motifs is 2. The van der Waals surface area contributed by atoms with E-state index in [2.05, 4.69) is 20.2 Å². The Morgan fingerprint density at radius 3 is 2.77 bits per heavy atom. The maximum absolute atomic E-state index is 13.3. The number of para-hydroxylation sites is 1. The van der Waals surface area contributed by atoms with Gasteiger partial charge in [0.25, 0.3) is 11.1 Å². The molecule has 0 saturated heterocycles. The van der Waals surface area contributed by atoms with Gasteiger partial charge in [-0.15, -0.1) is 0 Å². The molecule has 4 aromatic heterocycles. The zero-order valence-corrected chi connectivity index (χ0v) is 17.5. The molecule has 0 spiro atoms. The van der Waals surface area contributed by atoms with E-state index in [0.29, 0.717) is 33.3 Å².